The van der Waals surface area contributed by atoms with Gasteiger partial charge in [-0.15, -0.1) is 0 Å². The lowest BCUT2D eigenvalue weighted by molar-refractivity contribution is -0.116. The van der Waals surface area contributed by atoms with Gasteiger partial charge in [0.2, 0.25) is 0 Å². The Bertz CT molecular complexity index is 505. The second kappa shape index (κ2) is 7.62. The fourth-order valence-corrected chi connectivity index (χ4v) is 2.62. The van der Waals surface area contributed by atoms with E-state index >= 15 is 0 Å². The van der Waals surface area contributed by atoms with E-state index in [4.69, 9.17) is 9.47 Å². The smallest absolute Gasteiger partial charge is 0.411 e. The molecule has 1 aliphatic heterocycles. The fourth-order valence-electron chi connectivity index (χ4n) is 2.62. The van der Waals surface area contributed by atoms with Crippen molar-refractivity contribution in [1.29, 1.82) is 0 Å². The van der Waals surface area contributed by atoms with Crippen molar-refractivity contribution >= 4 is 18.5 Å². The molecule has 7 heteroatoms. The van der Waals surface area contributed by atoms with E-state index in [-0.39, 0.29) is 25.0 Å². The zero-order valence-corrected chi connectivity index (χ0v) is 16.7. The van der Waals surface area contributed by atoms with Gasteiger partial charge >= 0.3 is 12.2 Å². The maximum absolute atomic E-state index is 12.5. The monoisotopic (exact) mass is 356 g/mol. The third-order valence-electron chi connectivity index (χ3n) is 3.75. The minimum atomic E-state index is -0.752. The molecule has 1 fully saturated rings. The molecule has 0 unspecified atom stereocenters. The third-order valence-corrected chi connectivity index (χ3v) is 3.75. The molecule has 25 heavy (non-hydrogen) atoms. The summed E-state index contributed by atoms with van der Waals surface area (Å²) in [7, 11) is 0. The molecule has 0 radical (unpaired) electrons. The molecular weight excluding hydrogens is 324 g/mol. The second-order valence-electron chi connectivity index (χ2n) is 8.78. The second-order valence-corrected chi connectivity index (χ2v) is 8.78. The summed E-state index contributed by atoms with van der Waals surface area (Å²) in [5.41, 5.74) is -1.28. The Hall–Kier alpha value is -1.79. The molecule has 0 spiro atoms. The number of nitrogens with zero attached hydrogens (tertiary/aromatic N) is 2. The Labute approximate surface area is 150 Å². The standard InChI is InChI=1S/C18H32N2O5/c1-12(2)14-10-19(15(22)24-17(3,4)5)13(11-21)9-20(14)16(23)25-18(6,7)8/h11-14H,9-10H2,1-8H3/t13-,14-/m1/s1. The molecule has 1 aliphatic rings. The van der Waals surface area contributed by atoms with Crippen LogP contribution in [0.25, 0.3) is 0 Å². The molecular formula is C18H32N2O5. The first-order chi connectivity index (χ1) is 11.2. The van der Waals surface area contributed by atoms with Gasteiger partial charge in [-0.05, 0) is 47.5 Å². The molecule has 2 atom stereocenters. The largest absolute Gasteiger partial charge is 0.444 e. The van der Waals surface area contributed by atoms with Crippen LogP contribution < -0.4 is 0 Å². The molecule has 7 nitrogen and oxygen atoms in total. The van der Waals surface area contributed by atoms with Gasteiger partial charge in [0.1, 0.15) is 23.5 Å². The SMILES string of the molecule is CC(C)[C@H]1CN(C(=O)OC(C)(C)C)[C@@H](C=O)CN1C(=O)OC(C)(C)C. The van der Waals surface area contributed by atoms with E-state index in [0.29, 0.717) is 6.29 Å². The Morgan fingerprint density at radius 2 is 1.36 bits per heavy atom. The topological polar surface area (TPSA) is 76.2 Å². The molecule has 0 saturated carbocycles. The summed E-state index contributed by atoms with van der Waals surface area (Å²) >= 11 is 0. The van der Waals surface area contributed by atoms with Gasteiger partial charge in [0, 0.05) is 6.54 Å². The van der Waals surface area contributed by atoms with Gasteiger partial charge in [0.05, 0.1) is 12.6 Å². The Balaban J connectivity index is 3.02. The lowest BCUT2D eigenvalue weighted by Gasteiger charge is -2.46. The van der Waals surface area contributed by atoms with Crippen LogP contribution >= 0.6 is 0 Å². The van der Waals surface area contributed by atoms with E-state index in [0.717, 1.165) is 0 Å². The summed E-state index contributed by atoms with van der Waals surface area (Å²) in [5, 5.41) is 0. The highest BCUT2D eigenvalue weighted by molar-refractivity contribution is 5.76. The summed E-state index contributed by atoms with van der Waals surface area (Å²) < 4.78 is 10.9. The molecule has 2 amide bonds. The first kappa shape index (κ1) is 21.3. The Morgan fingerprint density at radius 3 is 1.72 bits per heavy atom. The lowest BCUT2D eigenvalue weighted by atomic mass is 9.98. The fraction of sp³-hybridized carbons (Fsp3) is 0.833. The predicted octanol–water partition coefficient (Wildman–Crippen LogP) is 3.07. The molecule has 0 N–H and O–H groups in total. The van der Waals surface area contributed by atoms with E-state index in [1.165, 1.54) is 4.90 Å². The summed E-state index contributed by atoms with van der Waals surface area (Å²) in [5.74, 6) is 0.0880. The molecule has 0 aromatic heterocycles. The van der Waals surface area contributed by atoms with E-state index in [2.05, 4.69) is 0 Å². The van der Waals surface area contributed by atoms with Gasteiger partial charge in [-0.1, -0.05) is 13.8 Å². The predicted molar refractivity (Wildman–Crippen MR) is 94.4 cm³/mol. The maximum atomic E-state index is 12.5. The van der Waals surface area contributed by atoms with E-state index < -0.39 is 29.4 Å². The van der Waals surface area contributed by atoms with E-state index in [1.54, 1.807) is 46.4 Å². The Morgan fingerprint density at radius 1 is 0.920 bits per heavy atom. The molecule has 0 bridgehead atoms. The lowest BCUT2D eigenvalue weighted by Crippen LogP contribution is -2.64. The van der Waals surface area contributed by atoms with Crippen LogP contribution in [0.4, 0.5) is 9.59 Å². The number of ether oxygens (including phenoxy) is 2. The van der Waals surface area contributed by atoms with E-state index in [9.17, 15) is 14.4 Å². The zero-order valence-electron chi connectivity index (χ0n) is 16.7. The van der Waals surface area contributed by atoms with E-state index in [1.807, 2.05) is 13.8 Å². The highest BCUT2D eigenvalue weighted by Gasteiger charge is 2.42. The van der Waals surface area contributed by atoms with Gasteiger partial charge in [0.25, 0.3) is 0 Å². The van der Waals surface area contributed by atoms with Crippen molar-refractivity contribution in [3.63, 3.8) is 0 Å². The minimum absolute atomic E-state index is 0.0880. The minimum Gasteiger partial charge on any atom is -0.444 e. The first-order valence-electron chi connectivity index (χ1n) is 8.69. The molecule has 1 heterocycles. The number of carbonyl (C=O) groups excluding carboxylic acids is 3. The van der Waals surface area contributed by atoms with Gasteiger partial charge in [-0.2, -0.15) is 0 Å². The molecule has 0 aliphatic carbocycles. The van der Waals surface area contributed by atoms with Crippen molar-refractivity contribution in [2.75, 3.05) is 13.1 Å². The first-order valence-corrected chi connectivity index (χ1v) is 8.69. The van der Waals surface area contributed by atoms with Crippen molar-refractivity contribution in [1.82, 2.24) is 9.80 Å². The number of hydrogen-bond donors (Lipinski definition) is 0. The molecule has 144 valence electrons. The van der Waals surface area contributed by atoms with Crippen LogP contribution in [0.5, 0.6) is 0 Å². The summed E-state index contributed by atoms with van der Waals surface area (Å²) in [6.07, 6.45) is -0.335. The molecule has 1 saturated heterocycles. The number of rotatable bonds is 2. The Kier molecular flexibility index (Phi) is 6.48. The van der Waals surface area contributed by atoms with Crippen molar-refractivity contribution in [2.24, 2.45) is 5.92 Å². The van der Waals surface area contributed by atoms with Crippen molar-refractivity contribution in [3.05, 3.63) is 0 Å². The van der Waals surface area contributed by atoms with Crippen molar-refractivity contribution in [3.8, 4) is 0 Å². The van der Waals surface area contributed by atoms with Gasteiger partial charge in [-0.3, -0.25) is 4.90 Å². The maximum Gasteiger partial charge on any atom is 0.411 e. The number of amides is 2. The van der Waals surface area contributed by atoms with Gasteiger partial charge in [0.15, 0.2) is 0 Å². The van der Waals surface area contributed by atoms with Crippen molar-refractivity contribution < 1.29 is 23.9 Å². The highest BCUT2D eigenvalue weighted by atomic mass is 16.6. The molecule has 0 aromatic rings. The van der Waals surface area contributed by atoms with Crippen LogP contribution in [0.15, 0.2) is 0 Å². The normalized spacial score (nSPS) is 22.0. The number of hydrogen-bond acceptors (Lipinski definition) is 5. The van der Waals surface area contributed by atoms with Crippen LogP contribution in [0, 0.1) is 5.92 Å². The average molecular weight is 356 g/mol. The zero-order chi connectivity index (χ0) is 19.6. The number of piperazine rings is 1. The van der Waals surface area contributed by atoms with Crippen LogP contribution in [-0.2, 0) is 14.3 Å². The van der Waals surface area contributed by atoms with Gasteiger partial charge in [-0.25, -0.2) is 9.59 Å². The van der Waals surface area contributed by atoms with Crippen LogP contribution in [0.3, 0.4) is 0 Å². The van der Waals surface area contributed by atoms with Crippen LogP contribution in [-0.4, -0.2) is 64.6 Å². The third kappa shape index (κ3) is 6.21. The number of carbonyl (C=O) groups is 3. The van der Waals surface area contributed by atoms with Gasteiger partial charge < -0.3 is 19.2 Å². The average Bonchev–Trinajstić information content (AvgIpc) is 2.41. The summed E-state index contributed by atoms with van der Waals surface area (Å²) in [6.45, 7) is 15.0. The summed E-state index contributed by atoms with van der Waals surface area (Å²) in [6, 6.07) is -1.00. The molecule has 1 rings (SSSR count). The highest BCUT2D eigenvalue weighted by Crippen LogP contribution is 2.24. The number of aldehydes is 1. The molecule has 0 aromatic carbocycles. The van der Waals surface area contributed by atoms with Crippen molar-refractivity contribution in [2.45, 2.75) is 78.7 Å². The summed E-state index contributed by atoms with van der Waals surface area (Å²) in [4.78, 5) is 39.5. The van der Waals surface area contributed by atoms with Crippen LogP contribution in [0.2, 0.25) is 0 Å². The van der Waals surface area contributed by atoms with Crippen LogP contribution in [0.1, 0.15) is 55.4 Å². The quantitative estimate of drug-likeness (QED) is 0.711.